The molecule has 0 atom stereocenters. The lowest BCUT2D eigenvalue weighted by Gasteiger charge is -2.03. The standard InChI is InChI=1S/C6H4Cl2FPS/c7-10(8,11)6-3-1-5(9)2-4-6/h1-4H. The molecule has 0 heterocycles. The summed E-state index contributed by atoms with van der Waals surface area (Å²) < 4.78 is 9.94. The molecule has 0 saturated carbocycles. The summed E-state index contributed by atoms with van der Waals surface area (Å²) in [6, 6.07) is 5.61. The van der Waals surface area contributed by atoms with Gasteiger partial charge in [-0.25, -0.2) is 4.39 Å². The molecule has 5 heteroatoms. The number of hydrogen-bond donors (Lipinski definition) is 0. The Labute approximate surface area is 78.9 Å². The van der Waals surface area contributed by atoms with Crippen LogP contribution in [0.5, 0.6) is 0 Å². The Morgan fingerprint density at radius 3 is 2.00 bits per heavy atom. The van der Waals surface area contributed by atoms with Gasteiger partial charge in [-0.3, -0.25) is 0 Å². The molecule has 0 fully saturated rings. The Morgan fingerprint density at radius 1 is 1.18 bits per heavy atom. The van der Waals surface area contributed by atoms with Crippen LogP contribution >= 0.6 is 27.2 Å². The van der Waals surface area contributed by atoms with Gasteiger partial charge in [-0.15, -0.1) is 0 Å². The van der Waals surface area contributed by atoms with E-state index in [1.54, 1.807) is 0 Å². The molecule has 0 N–H and O–H groups in total. The van der Waals surface area contributed by atoms with Gasteiger partial charge < -0.3 is 0 Å². The molecule has 0 saturated heterocycles. The summed E-state index contributed by atoms with van der Waals surface area (Å²) in [5, 5.41) is 0.622. The van der Waals surface area contributed by atoms with Crippen molar-refractivity contribution in [2.24, 2.45) is 0 Å². The van der Waals surface area contributed by atoms with Crippen molar-refractivity contribution in [2.75, 3.05) is 0 Å². The summed E-state index contributed by atoms with van der Waals surface area (Å²) in [7, 11) is 0. The van der Waals surface area contributed by atoms with Crippen LogP contribution in [0.2, 0.25) is 0 Å². The third kappa shape index (κ3) is 2.72. The fourth-order valence-electron chi connectivity index (χ4n) is 0.615. The summed E-state index contributed by atoms with van der Waals surface area (Å²) in [5.41, 5.74) is 0. The van der Waals surface area contributed by atoms with Crippen molar-refractivity contribution in [1.29, 1.82) is 0 Å². The second-order valence-electron chi connectivity index (χ2n) is 1.94. The molecule has 0 amide bonds. The molecule has 0 nitrogen and oxygen atoms in total. The van der Waals surface area contributed by atoms with Gasteiger partial charge in [0, 0.05) is 5.30 Å². The first-order valence-corrected chi connectivity index (χ1v) is 7.37. The topological polar surface area (TPSA) is 0 Å². The van der Waals surface area contributed by atoms with E-state index in [0.29, 0.717) is 5.30 Å². The minimum atomic E-state index is -2.43. The molecule has 0 aromatic heterocycles. The van der Waals surface area contributed by atoms with Gasteiger partial charge in [-0.1, -0.05) is 34.3 Å². The van der Waals surface area contributed by atoms with Crippen LogP contribution < -0.4 is 5.30 Å². The van der Waals surface area contributed by atoms with E-state index in [1.165, 1.54) is 24.3 Å². The first-order valence-electron chi connectivity index (χ1n) is 2.75. The highest BCUT2D eigenvalue weighted by atomic mass is 35.9. The van der Waals surface area contributed by atoms with E-state index in [1.807, 2.05) is 0 Å². The number of halogens is 3. The van der Waals surface area contributed by atoms with E-state index in [-0.39, 0.29) is 5.82 Å². The van der Waals surface area contributed by atoms with Crippen LogP contribution in [0.3, 0.4) is 0 Å². The zero-order valence-corrected chi connectivity index (χ0v) is 8.52. The van der Waals surface area contributed by atoms with Crippen molar-refractivity contribution < 1.29 is 4.39 Å². The van der Waals surface area contributed by atoms with Crippen LogP contribution in [0, 0.1) is 5.82 Å². The lowest BCUT2D eigenvalue weighted by Crippen LogP contribution is -1.95. The van der Waals surface area contributed by atoms with Gasteiger partial charge in [0.1, 0.15) is 10.6 Å². The lowest BCUT2D eigenvalue weighted by molar-refractivity contribution is 0.628. The SMILES string of the molecule is Fc1ccc(P(=S)(Cl)Cl)cc1. The van der Waals surface area contributed by atoms with E-state index in [2.05, 4.69) is 0 Å². The number of benzene rings is 1. The van der Waals surface area contributed by atoms with Crippen LogP contribution in [0.4, 0.5) is 4.39 Å². The maximum absolute atomic E-state index is 12.4. The third-order valence-corrected chi connectivity index (χ3v) is 3.83. The fourth-order valence-corrected chi connectivity index (χ4v) is 2.15. The predicted octanol–water partition coefficient (Wildman–Crippen LogP) is 3.24. The molecule has 0 aliphatic heterocycles. The van der Waals surface area contributed by atoms with Crippen molar-refractivity contribution in [3.05, 3.63) is 30.1 Å². The van der Waals surface area contributed by atoms with Crippen molar-refractivity contribution in [3.8, 4) is 0 Å². The van der Waals surface area contributed by atoms with Crippen LogP contribution in [0.15, 0.2) is 24.3 Å². The number of hydrogen-bond acceptors (Lipinski definition) is 1. The van der Waals surface area contributed by atoms with E-state index in [0.717, 1.165) is 0 Å². The molecule has 0 aliphatic carbocycles. The molecule has 1 aromatic rings. The largest absolute Gasteiger partial charge is 0.207 e. The smallest absolute Gasteiger partial charge is 0.147 e. The average molecular weight is 229 g/mol. The summed E-state index contributed by atoms with van der Waals surface area (Å²) in [6.07, 6.45) is 0. The summed E-state index contributed by atoms with van der Waals surface area (Å²) in [6.45, 7) is 0. The highest BCUT2D eigenvalue weighted by Crippen LogP contribution is 2.55. The van der Waals surface area contributed by atoms with Gasteiger partial charge in [-0.05, 0) is 24.3 Å². The van der Waals surface area contributed by atoms with Crippen LogP contribution in [-0.4, -0.2) is 0 Å². The van der Waals surface area contributed by atoms with Crippen LogP contribution in [0.25, 0.3) is 0 Å². The fraction of sp³-hybridized carbons (Fsp3) is 0. The van der Waals surface area contributed by atoms with E-state index >= 15 is 0 Å². The Balaban J connectivity index is 3.09. The zero-order valence-electron chi connectivity index (χ0n) is 5.30. The number of rotatable bonds is 1. The third-order valence-electron chi connectivity index (χ3n) is 1.13. The van der Waals surface area contributed by atoms with Crippen LogP contribution in [0.1, 0.15) is 0 Å². The summed E-state index contributed by atoms with van der Waals surface area (Å²) >= 11 is 16.2. The van der Waals surface area contributed by atoms with Crippen molar-refractivity contribution in [3.63, 3.8) is 0 Å². The van der Waals surface area contributed by atoms with Crippen molar-refractivity contribution in [2.45, 2.75) is 0 Å². The van der Waals surface area contributed by atoms with Gasteiger partial charge in [-0.2, -0.15) is 0 Å². The molecule has 0 spiro atoms. The van der Waals surface area contributed by atoms with Gasteiger partial charge in [0.15, 0.2) is 0 Å². The second-order valence-corrected chi connectivity index (χ2v) is 9.79. The summed E-state index contributed by atoms with van der Waals surface area (Å²) in [4.78, 5) is 0. The summed E-state index contributed by atoms with van der Waals surface area (Å²) in [5.74, 6) is -0.314. The van der Waals surface area contributed by atoms with E-state index in [9.17, 15) is 4.39 Å². The Kier molecular flexibility index (Phi) is 2.93. The first kappa shape index (κ1) is 9.47. The molecular formula is C6H4Cl2FPS. The van der Waals surface area contributed by atoms with Crippen molar-refractivity contribution >= 4 is 44.3 Å². The maximum atomic E-state index is 12.4. The van der Waals surface area contributed by atoms with Gasteiger partial charge >= 0.3 is 0 Å². The molecule has 0 unspecified atom stereocenters. The van der Waals surface area contributed by atoms with Gasteiger partial charge in [0.05, 0.1) is 0 Å². The predicted molar refractivity (Wildman–Crippen MR) is 52.0 cm³/mol. The molecule has 0 bridgehead atoms. The van der Waals surface area contributed by atoms with Crippen LogP contribution in [-0.2, 0) is 11.8 Å². The Hall–Kier alpha value is 0.380. The van der Waals surface area contributed by atoms with E-state index in [4.69, 9.17) is 34.3 Å². The molecule has 60 valence electrons. The molecule has 0 radical (unpaired) electrons. The minimum Gasteiger partial charge on any atom is -0.207 e. The zero-order chi connectivity index (χ0) is 8.48. The molecule has 11 heavy (non-hydrogen) atoms. The van der Waals surface area contributed by atoms with Gasteiger partial charge in [0.2, 0.25) is 0 Å². The molecule has 1 rings (SSSR count). The van der Waals surface area contributed by atoms with Crippen molar-refractivity contribution in [1.82, 2.24) is 0 Å². The first-order chi connectivity index (χ1) is 5.00. The quantitative estimate of drug-likeness (QED) is 0.666. The maximum Gasteiger partial charge on any atom is 0.147 e. The highest BCUT2D eigenvalue weighted by molar-refractivity contribution is 8.42. The lowest BCUT2D eigenvalue weighted by atomic mass is 10.4. The Morgan fingerprint density at radius 2 is 1.64 bits per heavy atom. The normalized spacial score (nSPS) is 11.5. The molecular weight excluding hydrogens is 225 g/mol. The average Bonchev–Trinajstić information content (AvgIpc) is 1.86. The monoisotopic (exact) mass is 228 g/mol. The molecule has 0 aliphatic rings. The van der Waals surface area contributed by atoms with E-state index < -0.39 is 4.74 Å². The Bertz CT molecular complexity index is 292. The minimum absolute atomic E-state index is 0.314. The highest BCUT2D eigenvalue weighted by Gasteiger charge is 2.10. The van der Waals surface area contributed by atoms with Gasteiger partial charge in [0.25, 0.3) is 0 Å². The molecule has 1 aromatic carbocycles. The second kappa shape index (κ2) is 3.40.